The van der Waals surface area contributed by atoms with Crippen molar-refractivity contribution in [3.63, 3.8) is 0 Å². The number of benzene rings is 2. The summed E-state index contributed by atoms with van der Waals surface area (Å²) in [6.45, 7) is 3.37. The molecule has 2 N–H and O–H groups in total. The number of rotatable bonds is 8. The second kappa shape index (κ2) is 9.11. The zero-order valence-corrected chi connectivity index (χ0v) is 15.9. The van der Waals surface area contributed by atoms with Crippen molar-refractivity contribution in [2.24, 2.45) is 0 Å². The number of H-pyrrole nitrogens is 1. The van der Waals surface area contributed by atoms with Crippen LogP contribution in [0.4, 0.5) is 5.82 Å². The van der Waals surface area contributed by atoms with E-state index in [0.717, 1.165) is 29.0 Å². The van der Waals surface area contributed by atoms with Crippen LogP contribution in [0, 0.1) is 11.3 Å². The lowest BCUT2D eigenvalue weighted by Crippen LogP contribution is -2.02. The van der Waals surface area contributed by atoms with Crippen LogP contribution >= 0.6 is 11.6 Å². The Morgan fingerprint density at radius 2 is 2.00 bits per heavy atom. The Balaban J connectivity index is 1.65. The van der Waals surface area contributed by atoms with E-state index in [1.165, 1.54) is 0 Å². The molecule has 0 saturated carbocycles. The number of nitriles is 1. The molecule has 5 nitrogen and oxygen atoms in total. The predicted molar refractivity (Wildman–Crippen MR) is 107 cm³/mol. The zero-order chi connectivity index (χ0) is 19.1. The Hall–Kier alpha value is -2.97. The third-order valence-electron chi connectivity index (χ3n) is 4.08. The fourth-order valence-electron chi connectivity index (χ4n) is 2.71. The molecule has 2 aromatic carbocycles. The molecular weight excluding hydrogens is 360 g/mol. The fourth-order valence-corrected chi connectivity index (χ4v) is 2.93. The van der Waals surface area contributed by atoms with Gasteiger partial charge in [-0.1, -0.05) is 42.8 Å². The summed E-state index contributed by atoms with van der Waals surface area (Å²) in [6.07, 6.45) is 1.55. The van der Waals surface area contributed by atoms with Crippen molar-refractivity contribution in [3.05, 3.63) is 75.9 Å². The zero-order valence-electron chi connectivity index (χ0n) is 15.1. The first kappa shape index (κ1) is 18.8. The van der Waals surface area contributed by atoms with E-state index in [9.17, 15) is 5.26 Å². The van der Waals surface area contributed by atoms with E-state index in [1.807, 2.05) is 48.5 Å². The molecule has 0 aliphatic carbocycles. The maximum absolute atomic E-state index is 9.54. The number of hydrogen-bond donors (Lipinski definition) is 2. The van der Waals surface area contributed by atoms with E-state index in [-0.39, 0.29) is 0 Å². The number of aromatic nitrogens is 2. The van der Waals surface area contributed by atoms with Gasteiger partial charge in [-0.15, -0.1) is 0 Å². The SMILES string of the molecule is CCCOc1ccc(CNc2n[nH]c(Cc3cccc(Cl)c3)c2C#N)cc1. The molecule has 0 aliphatic heterocycles. The Morgan fingerprint density at radius 1 is 1.19 bits per heavy atom. The van der Waals surface area contributed by atoms with Gasteiger partial charge >= 0.3 is 0 Å². The highest BCUT2D eigenvalue weighted by Crippen LogP contribution is 2.21. The smallest absolute Gasteiger partial charge is 0.166 e. The second-order valence-corrected chi connectivity index (χ2v) is 6.63. The Bertz CT molecular complexity index is 928. The summed E-state index contributed by atoms with van der Waals surface area (Å²) < 4.78 is 5.59. The van der Waals surface area contributed by atoms with Gasteiger partial charge in [0.05, 0.1) is 12.3 Å². The maximum atomic E-state index is 9.54. The van der Waals surface area contributed by atoms with Crippen molar-refractivity contribution in [2.75, 3.05) is 11.9 Å². The molecule has 6 heteroatoms. The lowest BCUT2D eigenvalue weighted by molar-refractivity contribution is 0.317. The molecule has 0 unspecified atom stereocenters. The number of anilines is 1. The largest absolute Gasteiger partial charge is 0.494 e. The third kappa shape index (κ3) is 5.02. The van der Waals surface area contributed by atoms with Gasteiger partial charge in [-0.25, -0.2) is 0 Å². The summed E-state index contributed by atoms with van der Waals surface area (Å²) in [5.74, 6) is 1.42. The van der Waals surface area contributed by atoms with E-state index in [4.69, 9.17) is 16.3 Å². The van der Waals surface area contributed by atoms with Crippen LogP contribution in [0.25, 0.3) is 0 Å². The van der Waals surface area contributed by atoms with E-state index in [2.05, 4.69) is 28.5 Å². The fraction of sp³-hybridized carbons (Fsp3) is 0.238. The lowest BCUT2D eigenvalue weighted by atomic mass is 10.1. The summed E-state index contributed by atoms with van der Waals surface area (Å²) >= 11 is 6.03. The molecule has 0 saturated heterocycles. The summed E-state index contributed by atoms with van der Waals surface area (Å²) in [4.78, 5) is 0. The number of aromatic amines is 1. The van der Waals surface area contributed by atoms with Gasteiger partial charge in [-0.05, 0) is 41.8 Å². The summed E-state index contributed by atoms with van der Waals surface area (Å²) in [7, 11) is 0. The van der Waals surface area contributed by atoms with Crippen molar-refractivity contribution >= 4 is 17.4 Å². The van der Waals surface area contributed by atoms with E-state index < -0.39 is 0 Å². The van der Waals surface area contributed by atoms with Gasteiger partial charge < -0.3 is 10.1 Å². The van der Waals surface area contributed by atoms with Crippen molar-refractivity contribution in [3.8, 4) is 11.8 Å². The molecule has 1 aromatic heterocycles. The molecule has 0 aliphatic rings. The molecule has 1 heterocycles. The Labute approximate surface area is 163 Å². The van der Waals surface area contributed by atoms with Crippen LogP contribution in [0.1, 0.15) is 35.7 Å². The van der Waals surface area contributed by atoms with Crippen molar-refractivity contribution in [1.82, 2.24) is 10.2 Å². The van der Waals surface area contributed by atoms with Crippen LogP contribution in [0.15, 0.2) is 48.5 Å². The molecule has 0 radical (unpaired) electrons. The molecule has 3 rings (SSSR count). The van der Waals surface area contributed by atoms with Gasteiger partial charge in [-0.2, -0.15) is 10.4 Å². The van der Waals surface area contributed by atoms with E-state index in [1.54, 1.807) is 0 Å². The van der Waals surface area contributed by atoms with Crippen LogP contribution in [0.3, 0.4) is 0 Å². The molecule has 0 atom stereocenters. The van der Waals surface area contributed by atoms with E-state index >= 15 is 0 Å². The second-order valence-electron chi connectivity index (χ2n) is 6.19. The molecule has 3 aromatic rings. The van der Waals surface area contributed by atoms with Crippen LogP contribution in [-0.4, -0.2) is 16.8 Å². The molecule has 0 bridgehead atoms. The molecular formula is C21H21ClN4O. The summed E-state index contributed by atoms with van der Waals surface area (Å²) in [5, 5.41) is 20.7. The van der Waals surface area contributed by atoms with Crippen LogP contribution in [0.2, 0.25) is 5.02 Å². The van der Waals surface area contributed by atoms with Gasteiger partial charge in [0.1, 0.15) is 17.4 Å². The van der Waals surface area contributed by atoms with Crippen LogP contribution < -0.4 is 10.1 Å². The lowest BCUT2D eigenvalue weighted by Gasteiger charge is -2.07. The van der Waals surface area contributed by atoms with Crippen molar-refractivity contribution < 1.29 is 4.74 Å². The van der Waals surface area contributed by atoms with Crippen LogP contribution in [-0.2, 0) is 13.0 Å². The minimum atomic E-state index is 0.526. The normalized spacial score (nSPS) is 10.4. The molecule has 0 amide bonds. The van der Waals surface area contributed by atoms with Crippen molar-refractivity contribution in [2.45, 2.75) is 26.3 Å². The van der Waals surface area contributed by atoms with Crippen LogP contribution in [0.5, 0.6) is 5.75 Å². The first-order chi connectivity index (χ1) is 13.2. The minimum Gasteiger partial charge on any atom is -0.494 e. The summed E-state index contributed by atoms with van der Waals surface area (Å²) in [5.41, 5.74) is 3.41. The van der Waals surface area contributed by atoms with Gasteiger partial charge in [0.2, 0.25) is 0 Å². The average molecular weight is 381 g/mol. The first-order valence-corrected chi connectivity index (χ1v) is 9.24. The highest BCUT2D eigenvalue weighted by Gasteiger charge is 2.13. The van der Waals surface area contributed by atoms with Gasteiger partial charge in [0.25, 0.3) is 0 Å². The molecule has 27 heavy (non-hydrogen) atoms. The Morgan fingerprint density at radius 3 is 2.70 bits per heavy atom. The number of nitrogens with zero attached hydrogens (tertiary/aromatic N) is 2. The highest BCUT2D eigenvalue weighted by molar-refractivity contribution is 6.30. The van der Waals surface area contributed by atoms with Gasteiger partial charge in [-0.3, -0.25) is 5.10 Å². The maximum Gasteiger partial charge on any atom is 0.166 e. The monoisotopic (exact) mass is 380 g/mol. The Kier molecular flexibility index (Phi) is 6.35. The minimum absolute atomic E-state index is 0.526. The number of ether oxygens (including phenoxy) is 1. The highest BCUT2D eigenvalue weighted by atomic mass is 35.5. The third-order valence-corrected chi connectivity index (χ3v) is 4.31. The van der Waals surface area contributed by atoms with Gasteiger partial charge in [0, 0.05) is 18.0 Å². The van der Waals surface area contributed by atoms with Crippen molar-refractivity contribution in [1.29, 1.82) is 5.26 Å². The number of nitrogens with one attached hydrogen (secondary N) is 2. The molecule has 138 valence electrons. The average Bonchev–Trinajstić information content (AvgIpc) is 3.07. The van der Waals surface area contributed by atoms with Gasteiger partial charge in [0.15, 0.2) is 5.82 Å². The number of halogens is 1. The number of hydrogen-bond acceptors (Lipinski definition) is 4. The predicted octanol–water partition coefficient (Wildman–Crippen LogP) is 4.93. The topological polar surface area (TPSA) is 73.7 Å². The summed E-state index contributed by atoms with van der Waals surface area (Å²) in [6, 6.07) is 17.7. The van der Waals surface area contributed by atoms with E-state index in [0.29, 0.717) is 36.0 Å². The quantitative estimate of drug-likeness (QED) is 0.581. The molecule has 0 fully saturated rings. The standard InChI is InChI=1S/C21H21ClN4O/c1-2-10-27-18-8-6-15(7-9-18)14-24-21-19(13-23)20(25-26-21)12-16-4-3-5-17(22)11-16/h3-9,11H,2,10,12,14H2,1H3,(H2,24,25,26). The molecule has 0 spiro atoms. The first-order valence-electron chi connectivity index (χ1n) is 8.87.